The summed E-state index contributed by atoms with van der Waals surface area (Å²) < 4.78 is 0.871. The molecule has 0 aliphatic carbocycles. The molecule has 11 heavy (non-hydrogen) atoms. The van der Waals surface area contributed by atoms with E-state index in [1.54, 1.807) is 11.3 Å². The van der Waals surface area contributed by atoms with Crippen LogP contribution in [0.15, 0.2) is 17.5 Å². The lowest BCUT2D eigenvalue weighted by atomic mass is 10.3. The Labute approximate surface area is 84.0 Å². The van der Waals surface area contributed by atoms with E-state index >= 15 is 0 Å². The van der Waals surface area contributed by atoms with Gasteiger partial charge in [-0.1, -0.05) is 39.7 Å². The number of hydrogen-bond donors (Lipinski definition) is 0. The van der Waals surface area contributed by atoms with Crippen LogP contribution in [0.25, 0.3) is 6.08 Å². The molecular weight excluding hydrogens is 244 g/mol. The van der Waals surface area contributed by atoms with Gasteiger partial charge >= 0.3 is 0 Å². The minimum absolute atomic E-state index is 0.871. The predicted molar refractivity (Wildman–Crippen MR) is 56.8 cm³/mol. The maximum Gasteiger partial charge on any atom is 0.100 e. The molecule has 0 fully saturated rings. The molecule has 0 amide bonds. The van der Waals surface area contributed by atoms with E-state index in [9.17, 15) is 0 Å². The average Bonchev–Trinajstić information content (AvgIpc) is 2.37. The summed E-state index contributed by atoms with van der Waals surface area (Å²) in [7, 11) is 0. The van der Waals surface area contributed by atoms with Crippen molar-refractivity contribution in [2.75, 3.05) is 5.33 Å². The Balaban J connectivity index is 2.56. The molecule has 0 radical (unpaired) electrons. The molecule has 0 N–H and O–H groups in total. The zero-order valence-electron chi connectivity index (χ0n) is 5.89. The van der Waals surface area contributed by atoms with Gasteiger partial charge in [0.25, 0.3) is 0 Å². The monoisotopic (exact) mass is 250 g/mol. The molecule has 0 bridgehead atoms. The van der Waals surface area contributed by atoms with Crippen molar-refractivity contribution < 1.29 is 0 Å². The van der Waals surface area contributed by atoms with Crippen LogP contribution < -0.4 is 0 Å². The highest BCUT2D eigenvalue weighted by atomic mass is 79.9. The van der Waals surface area contributed by atoms with Gasteiger partial charge in [0.2, 0.25) is 0 Å². The van der Waals surface area contributed by atoms with Gasteiger partial charge in [0.15, 0.2) is 0 Å². The summed E-state index contributed by atoms with van der Waals surface area (Å²) in [6, 6.07) is 2.03. The molecule has 0 unspecified atom stereocenters. The lowest BCUT2D eigenvalue weighted by Crippen LogP contribution is -1.66. The fourth-order valence-corrected chi connectivity index (χ4v) is 1.85. The van der Waals surface area contributed by atoms with Crippen molar-refractivity contribution in [1.82, 2.24) is 0 Å². The van der Waals surface area contributed by atoms with Gasteiger partial charge in [0.1, 0.15) is 4.34 Å². The van der Waals surface area contributed by atoms with Gasteiger partial charge in [-0.05, 0) is 17.9 Å². The molecule has 60 valence electrons. The topological polar surface area (TPSA) is 0 Å². The Morgan fingerprint density at radius 1 is 1.64 bits per heavy atom. The Bertz CT molecular complexity index is 242. The van der Waals surface area contributed by atoms with Gasteiger partial charge in [0, 0.05) is 10.9 Å². The van der Waals surface area contributed by atoms with Crippen LogP contribution in [0.2, 0.25) is 4.34 Å². The lowest BCUT2D eigenvalue weighted by Gasteiger charge is -1.86. The quantitative estimate of drug-likeness (QED) is 0.706. The van der Waals surface area contributed by atoms with E-state index in [2.05, 4.69) is 28.1 Å². The second-order valence-corrected chi connectivity index (χ2v) is 4.34. The molecule has 0 nitrogen and oxygen atoms in total. The third-order valence-electron chi connectivity index (χ3n) is 1.22. The number of hydrogen-bond acceptors (Lipinski definition) is 1. The van der Waals surface area contributed by atoms with Crippen LogP contribution in [0, 0.1) is 0 Å². The van der Waals surface area contributed by atoms with Crippen molar-refractivity contribution in [2.45, 2.75) is 6.42 Å². The minimum Gasteiger partial charge on any atom is -0.131 e. The first kappa shape index (κ1) is 9.30. The van der Waals surface area contributed by atoms with Crippen molar-refractivity contribution in [2.24, 2.45) is 0 Å². The van der Waals surface area contributed by atoms with Gasteiger partial charge in [-0.25, -0.2) is 0 Å². The normalized spacial score (nSPS) is 11.1. The van der Waals surface area contributed by atoms with E-state index in [4.69, 9.17) is 11.6 Å². The number of alkyl halides is 1. The third kappa shape index (κ3) is 2.97. The van der Waals surface area contributed by atoms with Crippen LogP contribution in [-0.4, -0.2) is 5.33 Å². The van der Waals surface area contributed by atoms with Crippen molar-refractivity contribution >= 4 is 44.9 Å². The Morgan fingerprint density at radius 2 is 2.45 bits per heavy atom. The second kappa shape index (κ2) is 4.96. The maximum atomic E-state index is 5.87. The zero-order chi connectivity index (χ0) is 8.10. The fraction of sp³-hybridized carbons (Fsp3) is 0.250. The molecule has 1 rings (SSSR count). The molecule has 1 heterocycles. The van der Waals surface area contributed by atoms with Crippen molar-refractivity contribution in [3.8, 4) is 0 Å². The van der Waals surface area contributed by atoms with Crippen LogP contribution in [0.4, 0.5) is 0 Å². The molecule has 0 spiro atoms. The summed E-state index contributed by atoms with van der Waals surface area (Å²) in [6.45, 7) is 0. The number of thiophene rings is 1. The van der Waals surface area contributed by atoms with E-state index < -0.39 is 0 Å². The summed E-state index contributed by atoms with van der Waals surface area (Å²) in [6.07, 6.45) is 5.22. The first-order valence-electron chi connectivity index (χ1n) is 3.30. The first-order chi connectivity index (χ1) is 5.34. The molecular formula is C8H8BrClS. The predicted octanol–water partition coefficient (Wildman–Crippen LogP) is 4.20. The number of halogens is 2. The maximum absolute atomic E-state index is 5.87. The largest absolute Gasteiger partial charge is 0.131 e. The molecule has 0 atom stereocenters. The minimum atomic E-state index is 0.871. The zero-order valence-corrected chi connectivity index (χ0v) is 9.05. The molecule has 0 saturated heterocycles. The Hall–Kier alpha value is 0.210. The highest BCUT2D eigenvalue weighted by Crippen LogP contribution is 2.23. The summed E-state index contributed by atoms with van der Waals surface area (Å²) >= 11 is 10.8. The van der Waals surface area contributed by atoms with Gasteiger partial charge in [-0.15, -0.1) is 11.3 Å². The van der Waals surface area contributed by atoms with Crippen LogP contribution >= 0.6 is 38.9 Å². The SMILES string of the molecule is Clc1sccc1/C=C/CCBr. The second-order valence-electron chi connectivity index (χ2n) is 2.03. The van der Waals surface area contributed by atoms with E-state index in [0.29, 0.717) is 0 Å². The summed E-state index contributed by atoms with van der Waals surface area (Å²) in [5.41, 5.74) is 1.12. The number of rotatable bonds is 3. The smallest absolute Gasteiger partial charge is 0.100 e. The lowest BCUT2D eigenvalue weighted by molar-refractivity contribution is 1.27. The van der Waals surface area contributed by atoms with Crippen LogP contribution in [0.5, 0.6) is 0 Å². The van der Waals surface area contributed by atoms with E-state index in [1.165, 1.54) is 0 Å². The molecule has 0 saturated carbocycles. The molecule has 1 aromatic heterocycles. The standard InChI is InChI=1S/C8H8BrClS/c9-5-2-1-3-7-4-6-11-8(7)10/h1,3-4,6H,2,5H2/b3-1+. The van der Waals surface area contributed by atoms with Crippen LogP contribution in [-0.2, 0) is 0 Å². The first-order valence-corrected chi connectivity index (χ1v) is 5.68. The Morgan fingerprint density at radius 3 is 3.00 bits per heavy atom. The van der Waals surface area contributed by atoms with Crippen LogP contribution in [0.3, 0.4) is 0 Å². The number of allylic oxidation sites excluding steroid dienone is 1. The fourth-order valence-electron chi connectivity index (χ4n) is 0.695. The molecule has 3 heteroatoms. The molecule has 1 aromatic rings. The van der Waals surface area contributed by atoms with Gasteiger partial charge in [-0.2, -0.15) is 0 Å². The van der Waals surface area contributed by atoms with Crippen LogP contribution in [0.1, 0.15) is 12.0 Å². The highest BCUT2D eigenvalue weighted by molar-refractivity contribution is 9.09. The molecule has 0 aliphatic heterocycles. The third-order valence-corrected chi connectivity index (χ3v) is 2.88. The van der Waals surface area contributed by atoms with E-state index in [-0.39, 0.29) is 0 Å². The highest BCUT2D eigenvalue weighted by Gasteiger charge is 1.94. The molecule has 0 aliphatic rings. The summed E-state index contributed by atoms with van der Waals surface area (Å²) in [5.74, 6) is 0. The van der Waals surface area contributed by atoms with Crippen molar-refractivity contribution in [3.63, 3.8) is 0 Å². The Kier molecular flexibility index (Phi) is 4.20. The summed E-state index contributed by atoms with van der Waals surface area (Å²) in [5, 5.41) is 3.00. The summed E-state index contributed by atoms with van der Waals surface area (Å²) in [4.78, 5) is 0. The van der Waals surface area contributed by atoms with Gasteiger partial charge in [-0.3, -0.25) is 0 Å². The average molecular weight is 252 g/mol. The van der Waals surface area contributed by atoms with Crippen molar-refractivity contribution in [3.05, 3.63) is 27.4 Å². The van der Waals surface area contributed by atoms with Crippen molar-refractivity contribution in [1.29, 1.82) is 0 Å². The molecule has 0 aromatic carbocycles. The van der Waals surface area contributed by atoms with Gasteiger partial charge in [0.05, 0.1) is 0 Å². The van der Waals surface area contributed by atoms with E-state index in [0.717, 1.165) is 21.7 Å². The van der Waals surface area contributed by atoms with Gasteiger partial charge < -0.3 is 0 Å². The van der Waals surface area contributed by atoms with E-state index in [1.807, 2.05) is 11.4 Å².